The Morgan fingerprint density at radius 1 is 1.19 bits per heavy atom. The van der Waals surface area contributed by atoms with Crippen molar-refractivity contribution in [2.45, 2.75) is 13.0 Å². The van der Waals surface area contributed by atoms with Gasteiger partial charge in [0.2, 0.25) is 11.8 Å². The third-order valence-corrected chi connectivity index (χ3v) is 4.16. The first-order chi connectivity index (χ1) is 12.7. The summed E-state index contributed by atoms with van der Waals surface area (Å²) in [6.07, 6.45) is 4.07. The van der Waals surface area contributed by atoms with Crippen LogP contribution in [0.2, 0.25) is 0 Å². The fourth-order valence-corrected chi connectivity index (χ4v) is 2.83. The van der Waals surface area contributed by atoms with E-state index < -0.39 is 0 Å². The minimum atomic E-state index is -0.0122. The third kappa shape index (κ3) is 4.40. The van der Waals surface area contributed by atoms with Crippen molar-refractivity contribution in [3.05, 3.63) is 59.9 Å². The van der Waals surface area contributed by atoms with Gasteiger partial charge in [-0.25, -0.2) is 4.98 Å². The number of ether oxygens (including phenoxy) is 2. The van der Waals surface area contributed by atoms with Gasteiger partial charge in [-0.2, -0.15) is 0 Å². The Morgan fingerprint density at radius 3 is 2.81 bits per heavy atom. The summed E-state index contributed by atoms with van der Waals surface area (Å²) in [5.74, 6) is 0.537. The van der Waals surface area contributed by atoms with Crippen LogP contribution in [0, 0.1) is 0 Å². The summed E-state index contributed by atoms with van der Waals surface area (Å²) >= 11 is 0. The molecule has 26 heavy (non-hydrogen) atoms. The number of amides is 1. The molecular formula is C20H23N3O3. The van der Waals surface area contributed by atoms with Gasteiger partial charge in [-0.15, -0.1) is 0 Å². The van der Waals surface area contributed by atoms with E-state index in [4.69, 9.17) is 9.47 Å². The smallest absolute Gasteiger partial charge is 0.224 e. The van der Waals surface area contributed by atoms with E-state index in [9.17, 15) is 4.79 Å². The summed E-state index contributed by atoms with van der Waals surface area (Å²) < 4.78 is 12.4. The minimum Gasteiger partial charge on any atom is -0.475 e. The second-order valence-corrected chi connectivity index (χ2v) is 6.08. The lowest BCUT2D eigenvalue weighted by atomic mass is 10.1. The summed E-state index contributed by atoms with van der Waals surface area (Å²) in [6, 6.07) is 11.8. The maximum atomic E-state index is 12.3. The number of fused-ring (bicyclic) bond motifs is 1. The Bertz CT molecular complexity index is 872. The zero-order valence-corrected chi connectivity index (χ0v) is 15.1. The standard InChI is InChI=1S/C20H23N3O3/c1-23-14-16(17-5-3-4-6-18(17)23)11-19(24)21-12-15-7-8-20(22-13-15)26-10-9-25-2/h3-8,13-14H,9-12H2,1-2H3,(H,21,24). The summed E-state index contributed by atoms with van der Waals surface area (Å²) in [4.78, 5) is 16.5. The molecule has 1 N–H and O–H groups in total. The molecule has 1 amide bonds. The first kappa shape index (κ1) is 17.9. The highest BCUT2D eigenvalue weighted by atomic mass is 16.5. The SMILES string of the molecule is COCCOc1ccc(CNC(=O)Cc2cn(C)c3ccccc23)cn1. The molecule has 0 atom stereocenters. The summed E-state index contributed by atoms with van der Waals surface area (Å²) in [5.41, 5.74) is 3.08. The minimum absolute atomic E-state index is 0.0122. The van der Waals surface area contributed by atoms with E-state index in [1.165, 1.54) is 0 Å². The van der Waals surface area contributed by atoms with E-state index >= 15 is 0 Å². The topological polar surface area (TPSA) is 65.4 Å². The van der Waals surface area contributed by atoms with Crippen molar-refractivity contribution in [1.29, 1.82) is 0 Å². The molecule has 0 aliphatic heterocycles. The van der Waals surface area contributed by atoms with Crippen LogP contribution < -0.4 is 10.1 Å². The average molecular weight is 353 g/mol. The van der Waals surface area contributed by atoms with Gasteiger partial charge in [0.25, 0.3) is 0 Å². The Balaban J connectivity index is 1.54. The molecule has 136 valence electrons. The molecule has 3 rings (SSSR count). The third-order valence-electron chi connectivity index (χ3n) is 4.16. The molecule has 0 saturated heterocycles. The monoisotopic (exact) mass is 353 g/mol. The van der Waals surface area contributed by atoms with E-state index in [1.54, 1.807) is 19.4 Å². The number of hydrogen-bond acceptors (Lipinski definition) is 4. The van der Waals surface area contributed by atoms with E-state index in [0.29, 0.717) is 32.1 Å². The van der Waals surface area contributed by atoms with Crippen molar-refractivity contribution in [3.8, 4) is 5.88 Å². The van der Waals surface area contributed by atoms with Crippen molar-refractivity contribution in [1.82, 2.24) is 14.9 Å². The number of hydrogen-bond donors (Lipinski definition) is 1. The van der Waals surface area contributed by atoms with Gasteiger partial charge in [-0.05, 0) is 17.2 Å². The van der Waals surface area contributed by atoms with Gasteiger partial charge in [0, 0.05) is 50.1 Å². The van der Waals surface area contributed by atoms with E-state index in [0.717, 1.165) is 22.0 Å². The predicted molar refractivity (Wildman–Crippen MR) is 100 cm³/mol. The molecule has 0 spiro atoms. The molecule has 0 aliphatic rings. The van der Waals surface area contributed by atoms with Crippen molar-refractivity contribution in [2.75, 3.05) is 20.3 Å². The van der Waals surface area contributed by atoms with Crippen LogP contribution in [-0.4, -0.2) is 35.8 Å². The van der Waals surface area contributed by atoms with Crippen molar-refractivity contribution in [3.63, 3.8) is 0 Å². The number of aryl methyl sites for hydroxylation is 1. The molecule has 0 unspecified atom stereocenters. The first-order valence-corrected chi connectivity index (χ1v) is 8.53. The molecule has 2 aromatic heterocycles. The van der Waals surface area contributed by atoms with Gasteiger partial charge in [0.1, 0.15) is 6.61 Å². The Hall–Kier alpha value is -2.86. The highest BCUT2D eigenvalue weighted by molar-refractivity contribution is 5.89. The Morgan fingerprint density at radius 2 is 2.04 bits per heavy atom. The molecule has 6 heteroatoms. The Kier molecular flexibility index (Phi) is 5.86. The summed E-state index contributed by atoms with van der Waals surface area (Å²) in [7, 11) is 3.62. The largest absolute Gasteiger partial charge is 0.475 e. The Labute approximate surface area is 152 Å². The molecule has 0 fully saturated rings. The van der Waals surface area contributed by atoms with Crippen LogP contribution in [0.5, 0.6) is 5.88 Å². The van der Waals surface area contributed by atoms with Gasteiger partial charge in [0.05, 0.1) is 13.0 Å². The number of nitrogens with one attached hydrogen (secondary N) is 1. The highest BCUT2D eigenvalue weighted by Crippen LogP contribution is 2.20. The number of methoxy groups -OCH3 is 1. The molecule has 0 aliphatic carbocycles. The van der Waals surface area contributed by atoms with Crippen LogP contribution in [0.4, 0.5) is 0 Å². The lowest BCUT2D eigenvalue weighted by Crippen LogP contribution is -2.24. The van der Waals surface area contributed by atoms with Gasteiger partial charge in [-0.1, -0.05) is 24.3 Å². The van der Waals surface area contributed by atoms with E-state index in [-0.39, 0.29) is 5.91 Å². The number of para-hydroxylation sites is 1. The van der Waals surface area contributed by atoms with Gasteiger partial charge in [0.15, 0.2) is 0 Å². The number of carbonyl (C=O) groups is 1. The molecule has 1 aromatic carbocycles. The van der Waals surface area contributed by atoms with Crippen LogP contribution in [0.15, 0.2) is 48.8 Å². The van der Waals surface area contributed by atoms with Crippen LogP contribution in [0.3, 0.4) is 0 Å². The number of rotatable bonds is 8. The van der Waals surface area contributed by atoms with Gasteiger partial charge >= 0.3 is 0 Å². The highest BCUT2D eigenvalue weighted by Gasteiger charge is 2.10. The summed E-state index contributed by atoms with van der Waals surface area (Å²) in [5, 5.41) is 4.06. The number of pyridine rings is 1. The van der Waals surface area contributed by atoms with Crippen molar-refractivity contribution in [2.24, 2.45) is 7.05 Å². The van der Waals surface area contributed by atoms with Gasteiger partial charge in [-0.3, -0.25) is 4.79 Å². The lowest BCUT2D eigenvalue weighted by Gasteiger charge is -2.07. The fraction of sp³-hybridized carbons (Fsp3) is 0.300. The zero-order chi connectivity index (χ0) is 18.4. The molecule has 3 aromatic rings. The van der Waals surface area contributed by atoms with E-state index in [2.05, 4.69) is 16.4 Å². The second kappa shape index (κ2) is 8.49. The quantitative estimate of drug-likeness (QED) is 0.632. The van der Waals surface area contributed by atoms with Gasteiger partial charge < -0.3 is 19.4 Å². The maximum absolute atomic E-state index is 12.3. The molecule has 0 radical (unpaired) electrons. The molecule has 6 nitrogen and oxygen atoms in total. The molecule has 2 heterocycles. The lowest BCUT2D eigenvalue weighted by molar-refractivity contribution is -0.120. The molecule has 0 saturated carbocycles. The van der Waals surface area contributed by atoms with E-state index in [1.807, 2.05) is 42.1 Å². The zero-order valence-electron chi connectivity index (χ0n) is 15.1. The van der Waals surface area contributed by atoms with Crippen LogP contribution in [-0.2, 0) is 29.5 Å². The van der Waals surface area contributed by atoms with Crippen molar-refractivity contribution < 1.29 is 14.3 Å². The summed E-state index contributed by atoms with van der Waals surface area (Å²) in [6.45, 7) is 1.42. The normalized spacial score (nSPS) is 10.8. The predicted octanol–water partition coefficient (Wildman–Crippen LogP) is 2.46. The molecule has 0 bridgehead atoms. The van der Waals surface area contributed by atoms with Crippen LogP contribution in [0.25, 0.3) is 10.9 Å². The molecular weight excluding hydrogens is 330 g/mol. The van der Waals surface area contributed by atoms with Crippen LogP contribution in [0.1, 0.15) is 11.1 Å². The number of aromatic nitrogens is 2. The van der Waals surface area contributed by atoms with Crippen molar-refractivity contribution >= 4 is 16.8 Å². The first-order valence-electron chi connectivity index (χ1n) is 8.53. The number of benzene rings is 1. The maximum Gasteiger partial charge on any atom is 0.224 e. The number of carbonyl (C=O) groups excluding carboxylic acids is 1. The van der Waals surface area contributed by atoms with Crippen LogP contribution >= 0.6 is 0 Å². The fourth-order valence-electron chi connectivity index (χ4n) is 2.83. The average Bonchev–Trinajstić information content (AvgIpc) is 2.97. The second-order valence-electron chi connectivity index (χ2n) is 6.08. The number of nitrogens with zero attached hydrogens (tertiary/aromatic N) is 2.